The van der Waals surface area contributed by atoms with Crippen molar-refractivity contribution in [2.75, 3.05) is 6.54 Å². The van der Waals surface area contributed by atoms with E-state index in [1.54, 1.807) is 0 Å². The number of carboxylic acids is 2. The minimum Gasteiger partial charge on any atom is -0.481 e. The minimum absolute atomic E-state index is 0.0136. The maximum absolute atomic E-state index is 12.1. The Balaban J connectivity index is 2.34. The van der Waals surface area contributed by atoms with Crippen molar-refractivity contribution in [3.8, 4) is 0 Å². The molecule has 1 saturated heterocycles. The van der Waals surface area contributed by atoms with Crippen LogP contribution in [0.4, 0.5) is 0 Å². The van der Waals surface area contributed by atoms with Crippen molar-refractivity contribution >= 4 is 46.1 Å². The quantitative estimate of drug-likeness (QED) is 0.357. The van der Waals surface area contributed by atoms with E-state index in [2.05, 4.69) is 0 Å². The van der Waals surface area contributed by atoms with E-state index in [1.807, 2.05) is 6.08 Å². The van der Waals surface area contributed by atoms with E-state index in [9.17, 15) is 14.4 Å². The first-order valence-electron chi connectivity index (χ1n) is 7.09. The molecule has 1 aliphatic heterocycles. The van der Waals surface area contributed by atoms with E-state index >= 15 is 0 Å². The number of aliphatic carboxylic acids is 2. The lowest BCUT2D eigenvalue weighted by molar-refractivity contribution is -0.138. The number of carbonyl (C=O) groups is 3. The van der Waals surface area contributed by atoms with Gasteiger partial charge in [0, 0.05) is 19.4 Å². The molecule has 8 heteroatoms. The van der Waals surface area contributed by atoms with Gasteiger partial charge in [-0.05, 0) is 25.7 Å². The lowest BCUT2D eigenvalue weighted by Crippen LogP contribution is -2.29. The number of allylic oxidation sites excluding steroid dienone is 1. The predicted molar refractivity (Wildman–Crippen MR) is 87.6 cm³/mol. The summed E-state index contributed by atoms with van der Waals surface area (Å²) in [7, 11) is 0. The van der Waals surface area contributed by atoms with Gasteiger partial charge in [0.05, 0.1) is 4.91 Å². The summed E-state index contributed by atoms with van der Waals surface area (Å²) >= 11 is 6.37. The molecule has 0 saturated carbocycles. The van der Waals surface area contributed by atoms with Crippen molar-refractivity contribution in [2.24, 2.45) is 0 Å². The highest BCUT2D eigenvalue weighted by atomic mass is 32.2. The Morgan fingerprint density at radius 2 is 1.73 bits per heavy atom. The first-order chi connectivity index (χ1) is 10.4. The maximum atomic E-state index is 12.1. The molecule has 1 fully saturated rings. The number of thiocarbonyl (C=S) groups is 1. The molecular weight excluding hydrogens is 326 g/mol. The van der Waals surface area contributed by atoms with Crippen LogP contribution in [0.5, 0.6) is 0 Å². The molecule has 1 rings (SSSR count). The molecule has 22 heavy (non-hydrogen) atoms. The van der Waals surface area contributed by atoms with E-state index in [0.29, 0.717) is 35.0 Å². The summed E-state index contributed by atoms with van der Waals surface area (Å²) in [6.07, 6.45) is 5.38. The Labute approximate surface area is 138 Å². The Morgan fingerprint density at radius 3 is 2.36 bits per heavy atom. The number of rotatable bonds is 10. The number of hydrogen-bond donors (Lipinski definition) is 2. The average molecular weight is 345 g/mol. The van der Waals surface area contributed by atoms with E-state index in [-0.39, 0.29) is 18.7 Å². The van der Waals surface area contributed by atoms with Crippen molar-refractivity contribution in [3.63, 3.8) is 0 Å². The van der Waals surface area contributed by atoms with Gasteiger partial charge in [-0.2, -0.15) is 0 Å². The van der Waals surface area contributed by atoms with Crippen LogP contribution in [0.3, 0.4) is 0 Å². The molecule has 0 radical (unpaired) electrons. The lowest BCUT2D eigenvalue weighted by Gasteiger charge is -2.13. The summed E-state index contributed by atoms with van der Waals surface area (Å²) in [4.78, 5) is 35.0. The zero-order chi connectivity index (χ0) is 16.5. The van der Waals surface area contributed by atoms with Crippen LogP contribution in [-0.2, 0) is 14.4 Å². The van der Waals surface area contributed by atoms with Gasteiger partial charge in [0.25, 0.3) is 5.91 Å². The summed E-state index contributed by atoms with van der Waals surface area (Å²) in [6.45, 7) is 0.326. The molecule has 0 spiro atoms. The van der Waals surface area contributed by atoms with E-state index in [1.165, 1.54) is 16.7 Å². The number of nitrogens with zero attached hydrogens (tertiary/aromatic N) is 1. The topological polar surface area (TPSA) is 94.9 Å². The van der Waals surface area contributed by atoms with Crippen molar-refractivity contribution in [2.45, 2.75) is 44.9 Å². The molecule has 1 amide bonds. The molecule has 1 aliphatic rings. The highest BCUT2D eigenvalue weighted by molar-refractivity contribution is 8.26. The zero-order valence-electron chi connectivity index (χ0n) is 12.1. The van der Waals surface area contributed by atoms with Crippen LogP contribution in [-0.4, -0.2) is 43.8 Å². The molecule has 0 aromatic rings. The number of carbonyl (C=O) groups excluding carboxylic acids is 1. The van der Waals surface area contributed by atoms with Crippen LogP contribution in [0.1, 0.15) is 44.9 Å². The molecule has 0 aromatic carbocycles. The third-order valence-corrected chi connectivity index (χ3v) is 4.50. The highest BCUT2D eigenvalue weighted by Crippen LogP contribution is 2.31. The van der Waals surface area contributed by atoms with Crippen LogP contribution in [0.25, 0.3) is 0 Å². The Morgan fingerprint density at radius 1 is 1.09 bits per heavy atom. The fourth-order valence-electron chi connectivity index (χ4n) is 1.95. The first-order valence-corrected chi connectivity index (χ1v) is 8.31. The number of thioether (sulfide) groups is 1. The normalized spacial score (nSPS) is 16.5. The molecule has 122 valence electrons. The Hall–Kier alpha value is -1.41. The van der Waals surface area contributed by atoms with Crippen molar-refractivity contribution in [1.29, 1.82) is 0 Å². The fraction of sp³-hybridized carbons (Fsp3) is 0.571. The number of unbranched alkanes of at least 4 members (excludes halogenated alkanes) is 3. The van der Waals surface area contributed by atoms with Crippen molar-refractivity contribution in [3.05, 3.63) is 11.0 Å². The number of carboxylic acid groups (broad SMARTS) is 2. The predicted octanol–water partition coefficient (Wildman–Crippen LogP) is 2.63. The van der Waals surface area contributed by atoms with Crippen LogP contribution in [0.15, 0.2) is 11.0 Å². The lowest BCUT2D eigenvalue weighted by atomic mass is 10.1. The van der Waals surface area contributed by atoms with Gasteiger partial charge < -0.3 is 10.2 Å². The van der Waals surface area contributed by atoms with Crippen LogP contribution in [0.2, 0.25) is 0 Å². The van der Waals surface area contributed by atoms with Gasteiger partial charge in [0.15, 0.2) is 0 Å². The standard InChI is InChI=1S/C14H19NO5S2/c16-11(17)7-4-2-1-3-6-10-13(20)15(14(21)22-10)9-5-8-12(18)19/h6H,1-5,7-9H2,(H,16,17)(H,18,19)/b10-6-. The molecule has 1 heterocycles. The Kier molecular flexibility index (Phi) is 8.11. The number of hydrogen-bond acceptors (Lipinski definition) is 5. The Bertz CT molecular complexity index is 490. The van der Waals surface area contributed by atoms with Crippen LogP contribution in [0, 0.1) is 0 Å². The second-order valence-electron chi connectivity index (χ2n) is 4.88. The maximum Gasteiger partial charge on any atom is 0.303 e. The highest BCUT2D eigenvalue weighted by Gasteiger charge is 2.31. The van der Waals surface area contributed by atoms with Gasteiger partial charge in [0.2, 0.25) is 0 Å². The summed E-state index contributed by atoms with van der Waals surface area (Å²) in [6, 6.07) is 0. The van der Waals surface area contributed by atoms with Gasteiger partial charge >= 0.3 is 11.9 Å². The minimum atomic E-state index is -0.887. The van der Waals surface area contributed by atoms with Gasteiger partial charge in [-0.1, -0.05) is 36.5 Å². The third kappa shape index (κ3) is 6.57. The van der Waals surface area contributed by atoms with Gasteiger partial charge in [-0.15, -0.1) is 0 Å². The third-order valence-electron chi connectivity index (χ3n) is 3.07. The molecule has 0 bridgehead atoms. The van der Waals surface area contributed by atoms with E-state index in [4.69, 9.17) is 22.4 Å². The summed E-state index contributed by atoms with van der Waals surface area (Å²) in [5, 5.41) is 17.1. The smallest absolute Gasteiger partial charge is 0.303 e. The molecule has 0 atom stereocenters. The molecule has 0 aliphatic carbocycles. The second kappa shape index (κ2) is 9.58. The van der Waals surface area contributed by atoms with Gasteiger partial charge in [0.1, 0.15) is 4.32 Å². The monoisotopic (exact) mass is 345 g/mol. The summed E-state index contributed by atoms with van der Waals surface area (Å²) in [5.74, 6) is -1.84. The van der Waals surface area contributed by atoms with Crippen LogP contribution >= 0.6 is 24.0 Å². The summed E-state index contributed by atoms with van der Waals surface area (Å²) < 4.78 is 0.465. The molecule has 6 nitrogen and oxygen atoms in total. The molecular formula is C14H19NO5S2. The largest absolute Gasteiger partial charge is 0.481 e. The van der Waals surface area contributed by atoms with Crippen molar-refractivity contribution < 1.29 is 24.6 Å². The fourth-order valence-corrected chi connectivity index (χ4v) is 3.26. The second-order valence-corrected chi connectivity index (χ2v) is 6.56. The van der Waals surface area contributed by atoms with Gasteiger partial charge in [-0.25, -0.2) is 0 Å². The summed E-state index contributed by atoms with van der Waals surface area (Å²) in [5.41, 5.74) is 0. The molecule has 0 aromatic heterocycles. The van der Waals surface area contributed by atoms with Gasteiger partial charge in [-0.3, -0.25) is 19.3 Å². The number of amides is 1. The van der Waals surface area contributed by atoms with E-state index in [0.717, 1.165) is 12.8 Å². The van der Waals surface area contributed by atoms with E-state index < -0.39 is 11.9 Å². The molecule has 0 unspecified atom stereocenters. The SMILES string of the molecule is O=C(O)CCCCC/C=C1\SC(=S)N(CCCC(=O)O)C1=O. The van der Waals surface area contributed by atoms with Crippen molar-refractivity contribution in [1.82, 2.24) is 4.90 Å². The molecule has 2 N–H and O–H groups in total. The first kappa shape index (κ1) is 18.6. The van der Waals surface area contributed by atoms with Crippen LogP contribution < -0.4 is 0 Å². The zero-order valence-corrected chi connectivity index (χ0v) is 13.8. The average Bonchev–Trinajstić information content (AvgIpc) is 2.69.